The fraction of sp³-hybridized carbons (Fsp3) is 0.0357. The van der Waals surface area contributed by atoms with E-state index in [1.54, 1.807) is 109 Å². The molecule has 5 nitrogen and oxygen atoms in total. The zero-order valence-electron chi connectivity index (χ0n) is 36.6. The van der Waals surface area contributed by atoms with Crippen molar-refractivity contribution < 1.29 is 43.9 Å². The number of para-hydroxylation sites is 1. The summed E-state index contributed by atoms with van der Waals surface area (Å²) in [4.78, 5) is 10.7. The summed E-state index contributed by atoms with van der Waals surface area (Å²) in [7, 11) is 0. The number of anilines is 5. The Kier molecular flexibility index (Phi) is 12.3. The molecular formula is C56H33F10N5. The molecule has 0 bridgehead atoms. The Morgan fingerprint density at radius 1 is 0.366 bits per heavy atom. The summed E-state index contributed by atoms with van der Waals surface area (Å²) in [6.45, 7) is 0. The molecule has 6 aromatic carbocycles. The Balaban J connectivity index is 1.05. The molecule has 0 fully saturated rings. The molecule has 0 saturated heterocycles. The lowest BCUT2D eigenvalue weighted by atomic mass is 10.0. The standard InChI is InChI=1S/C56H33F10N5/c57-45-47(59)51(63)55(52(64)48(45)60)69(39-24-26-41(67-30-39)32-10-4-1-5-11-32)37-20-16-34(17-21-37)43-28-29-44(71(43)36-14-8-3-9-15-36)35-18-22-38(23-19-35)70(56-53(65)49(61)46(58)50(62)54(56)66)40-25-27-42(68-31-40)33-12-6-2-7-13-33/h1-31,47,51H. The van der Waals surface area contributed by atoms with Gasteiger partial charge in [-0.15, -0.1) is 0 Å². The van der Waals surface area contributed by atoms with Gasteiger partial charge in [0.05, 0.1) is 46.5 Å². The highest BCUT2D eigenvalue weighted by Gasteiger charge is 2.43. The normalized spacial score (nSPS) is 14.8. The van der Waals surface area contributed by atoms with Gasteiger partial charge in [0.25, 0.3) is 0 Å². The first-order chi connectivity index (χ1) is 34.4. The van der Waals surface area contributed by atoms with Crippen LogP contribution in [0.25, 0.3) is 50.7 Å². The summed E-state index contributed by atoms with van der Waals surface area (Å²) in [5.41, 5.74) is 3.12. The molecule has 2 unspecified atom stereocenters. The highest BCUT2D eigenvalue weighted by Crippen LogP contribution is 2.45. The molecule has 3 heterocycles. The van der Waals surface area contributed by atoms with Crippen LogP contribution in [-0.2, 0) is 0 Å². The van der Waals surface area contributed by atoms with Gasteiger partial charge in [0, 0.05) is 28.2 Å². The molecule has 71 heavy (non-hydrogen) atoms. The number of alkyl halides is 2. The molecule has 1 aliphatic rings. The number of halogens is 10. The molecule has 10 rings (SSSR count). The van der Waals surface area contributed by atoms with Crippen molar-refractivity contribution in [2.75, 3.05) is 9.80 Å². The third kappa shape index (κ3) is 8.38. The van der Waals surface area contributed by atoms with E-state index in [1.165, 1.54) is 48.8 Å². The maximum Gasteiger partial charge on any atom is 0.200 e. The lowest BCUT2D eigenvalue weighted by Gasteiger charge is -2.32. The number of allylic oxidation sites excluding steroid dienone is 4. The second-order valence-corrected chi connectivity index (χ2v) is 16.2. The molecule has 0 amide bonds. The van der Waals surface area contributed by atoms with Gasteiger partial charge in [-0.1, -0.05) is 103 Å². The average molecular weight is 966 g/mol. The van der Waals surface area contributed by atoms with Gasteiger partial charge < -0.3 is 14.4 Å². The zero-order chi connectivity index (χ0) is 49.5. The van der Waals surface area contributed by atoms with E-state index in [2.05, 4.69) is 9.97 Å². The highest BCUT2D eigenvalue weighted by atomic mass is 19.2. The van der Waals surface area contributed by atoms with E-state index in [-0.39, 0.29) is 22.7 Å². The van der Waals surface area contributed by atoms with Crippen molar-refractivity contribution in [1.82, 2.24) is 14.5 Å². The zero-order valence-corrected chi connectivity index (χ0v) is 36.6. The number of hydrogen-bond donors (Lipinski definition) is 0. The van der Waals surface area contributed by atoms with E-state index >= 15 is 17.6 Å². The van der Waals surface area contributed by atoms with Crippen molar-refractivity contribution >= 4 is 28.4 Å². The van der Waals surface area contributed by atoms with Crippen LogP contribution in [0.5, 0.6) is 0 Å². The molecule has 9 aromatic rings. The maximum atomic E-state index is 15.8. The lowest BCUT2D eigenvalue weighted by molar-refractivity contribution is 0.181. The third-order valence-corrected chi connectivity index (χ3v) is 11.9. The number of benzene rings is 6. The monoisotopic (exact) mass is 965 g/mol. The van der Waals surface area contributed by atoms with E-state index in [9.17, 15) is 26.3 Å². The van der Waals surface area contributed by atoms with Gasteiger partial charge in [-0.2, -0.15) is 0 Å². The van der Waals surface area contributed by atoms with Crippen LogP contribution in [0.15, 0.2) is 211 Å². The van der Waals surface area contributed by atoms with Crippen molar-refractivity contribution in [3.63, 3.8) is 0 Å². The minimum absolute atomic E-state index is 0.0131. The SMILES string of the molecule is FC1=C(F)C(F)C(F)C(N(c2ccc(-c3ccc(-c4ccc(N(c5ccc(-c6ccccc6)nc5)c5c(F)c(F)c(F)c(F)c5F)cc4)n3-c3ccccc3)cc2)c2ccc(-c3ccccc3)nc2)=C1F. The summed E-state index contributed by atoms with van der Waals surface area (Å²) in [6, 6.07) is 48.9. The van der Waals surface area contributed by atoms with Crippen molar-refractivity contribution in [2.45, 2.75) is 12.3 Å². The van der Waals surface area contributed by atoms with Crippen LogP contribution in [0, 0.1) is 29.1 Å². The van der Waals surface area contributed by atoms with Gasteiger partial charge in [0.2, 0.25) is 5.82 Å². The number of hydrogen-bond acceptors (Lipinski definition) is 4. The van der Waals surface area contributed by atoms with Gasteiger partial charge >= 0.3 is 0 Å². The van der Waals surface area contributed by atoms with Crippen LogP contribution in [0.3, 0.4) is 0 Å². The Hall–Kier alpha value is -8.72. The molecule has 1 aliphatic carbocycles. The van der Waals surface area contributed by atoms with E-state index in [0.717, 1.165) is 20.9 Å². The van der Waals surface area contributed by atoms with Crippen LogP contribution in [0.4, 0.5) is 72.3 Å². The molecule has 15 heteroatoms. The van der Waals surface area contributed by atoms with Crippen LogP contribution in [0.2, 0.25) is 0 Å². The maximum absolute atomic E-state index is 15.8. The summed E-state index contributed by atoms with van der Waals surface area (Å²) in [5, 5.41) is 0. The molecule has 0 N–H and O–H groups in total. The molecule has 2 atom stereocenters. The van der Waals surface area contributed by atoms with Crippen LogP contribution >= 0.6 is 0 Å². The third-order valence-electron chi connectivity index (χ3n) is 11.9. The van der Waals surface area contributed by atoms with Gasteiger partial charge in [0.15, 0.2) is 53.1 Å². The van der Waals surface area contributed by atoms with Gasteiger partial charge in [-0.05, 0) is 83.9 Å². The highest BCUT2D eigenvalue weighted by molar-refractivity contribution is 5.81. The summed E-state index contributed by atoms with van der Waals surface area (Å²) < 4.78 is 153. The minimum atomic E-state index is -3.12. The smallest absolute Gasteiger partial charge is 0.200 e. The molecule has 0 saturated carbocycles. The fourth-order valence-electron chi connectivity index (χ4n) is 8.47. The largest absolute Gasteiger partial charge is 0.309 e. The first kappa shape index (κ1) is 46.0. The van der Waals surface area contributed by atoms with Gasteiger partial charge in [-0.3, -0.25) is 9.97 Å². The minimum Gasteiger partial charge on any atom is -0.309 e. The Morgan fingerprint density at radius 3 is 1.23 bits per heavy atom. The first-order valence-corrected chi connectivity index (χ1v) is 21.8. The van der Waals surface area contributed by atoms with Crippen molar-refractivity contribution in [1.29, 1.82) is 0 Å². The van der Waals surface area contributed by atoms with Crippen LogP contribution in [0.1, 0.15) is 0 Å². The number of pyridine rings is 2. The number of aromatic nitrogens is 3. The van der Waals surface area contributed by atoms with Crippen LogP contribution in [-0.4, -0.2) is 26.9 Å². The molecule has 0 radical (unpaired) electrons. The second kappa shape index (κ2) is 19.0. The van der Waals surface area contributed by atoms with Crippen LogP contribution < -0.4 is 9.80 Å². The van der Waals surface area contributed by atoms with Crippen molar-refractivity contribution in [2.24, 2.45) is 0 Å². The fourth-order valence-corrected chi connectivity index (χ4v) is 8.47. The quantitative estimate of drug-likeness (QED) is 0.0735. The molecular weight excluding hydrogens is 933 g/mol. The van der Waals surface area contributed by atoms with Crippen molar-refractivity contribution in [3.05, 3.63) is 241 Å². The first-order valence-electron chi connectivity index (χ1n) is 21.8. The van der Waals surface area contributed by atoms with E-state index in [4.69, 9.17) is 0 Å². The van der Waals surface area contributed by atoms with Gasteiger partial charge in [0.1, 0.15) is 11.4 Å². The predicted molar refractivity (Wildman–Crippen MR) is 253 cm³/mol. The number of nitrogens with zero attached hydrogens (tertiary/aromatic N) is 5. The van der Waals surface area contributed by atoms with Crippen molar-refractivity contribution in [3.8, 4) is 50.7 Å². The summed E-state index contributed by atoms with van der Waals surface area (Å²) >= 11 is 0. The lowest BCUT2D eigenvalue weighted by Crippen LogP contribution is -2.34. The van der Waals surface area contributed by atoms with E-state index < -0.39 is 70.3 Å². The predicted octanol–water partition coefficient (Wildman–Crippen LogP) is 16.3. The summed E-state index contributed by atoms with van der Waals surface area (Å²) in [6.07, 6.45) is -3.52. The summed E-state index contributed by atoms with van der Waals surface area (Å²) in [5.74, 6) is -16.9. The Labute approximate surface area is 399 Å². The van der Waals surface area contributed by atoms with E-state index in [1.807, 2.05) is 34.9 Å². The Bertz CT molecular complexity index is 3430. The topological polar surface area (TPSA) is 37.2 Å². The van der Waals surface area contributed by atoms with E-state index in [0.29, 0.717) is 39.6 Å². The Morgan fingerprint density at radius 2 is 0.775 bits per heavy atom. The number of rotatable bonds is 11. The molecule has 0 spiro atoms. The molecule has 0 aliphatic heterocycles. The molecule has 352 valence electrons. The second-order valence-electron chi connectivity index (χ2n) is 16.2. The average Bonchev–Trinajstić information content (AvgIpc) is 3.87. The van der Waals surface area contributed by atoms with Gasteiger partial charge in [-0.25, -0.2) is 43.9 Å². The molecule has 3 aromatic heterocycles.